The molecular formula is C12H21N2O+. The zero-order valence-electron chi connectivity index (χ0n) is 9.45. The number of nitrogens with zero attached hydrogens (tertiary/aromatic N) is 2. The molecule has 3 fully saturated rings. The van der Waals surface area contributed by atoms with E-state index in [0.717, 1.165) is 32.6 Å². The molecule has 3 aliphatic rings. The maximum absolute atomic E-state index is 10.7. The highest BCUT2D eigenvalue weighted by Gasteiger charge is 2.50. The first-order valence-electron chi connectivity index (χ1n) is 6.28. The highest BCUT2D eigenvalue weighted by molar-refractivity contribution is 5.92. The first-order valence-corrected chi connectivity index (χ1v) is 6.28. The third kappa shape index (κ3) is 3.02. The maximum atomic E-state index is 10.7. The van der Waals surface area contributed by atoms with Gasteiger partial charge in [-0.2, -0.15) is 4.90 Å². The monoisotopic (exact) mass is 209 g/mol. The first kappa shape index (κ1) is 11.1. The van der Waals surface area contributed by atoms with Crippen molar-refractivity contribution in [2.24, 2.45) is 0 Å². The molecule has 15 heavy (non-hydrogen) atoms. The third-order valence-corrected chi connectivity index (χ3v) is 3.48. The quantitative estimate of drug-likeness (QED) is 0.549. The largest absolute Gasteiger partial charge is 0.286 e. The lowest BCUT2D eigenvalue weighted by molar-refractivity contribution is -0.128. The van der Waals surface area contributed by atoms with Gasteiger partial charge >= 0.3 is 0 Å². The molecule has 2 radical (unpaired) electrons. The minimum atomic E-state index is 0.356. The number of ketones is 1. The van der Waals surface area contributed by atoms with Crippen LogP contribution in [0.2, 0.25) is 0 Å². The molecule has 0 spiro atoms. The van der Waals surface area contributed by atoms with Gasteiger partial charge in [0.25, 0.3) is 5.78 Å². The van der Waals surface area contributed by atoms with Crippen molar-refractivity contribution in [1.82, 2.24) is 10.2 Å². The van der Waals surface area contributed by atoms with Crippen molar-refractivity contribution in [3.05, 3.63) is 0 Å². The van der Waals surface area contributed by atoms with Gasteiger partial charge in [0.05, 0.1) is 0 Å². The molecule has 0 N–H and O–H groups in total. The van der Waals surface area contributed by atoms with Crippen LogP contribution in [-0.2, 0) is 4.79 Å². The van der Waals surface area contributed by atoms with E-state index in [-0.39, 0.29) is 0 Å². The fraction of sp³-hybridized carbons (Fsp3) is 0.917. The molecule has 3 nitrogen and oxygen atoms in total. The summed E-state index contributed by atoms with van der Waals surface area (Å²) >= 11 is 0. The standard InChI is InChI=1S/C6H9NO.C6H12N/c8-6-4-7-3-1-2-5(6)7;1-2-4-6-7-5-3-1/h5H,1-4H2;1-6H2/q+1;. The number of carbonyl (C=O) groups is 1. The van der Waals surface area contributed by atoms with Gasteiger partial charge in [0, 0.05) is 25.9 Å². The summed E-state index contributed by atoms with van der Waals surface area (Å²) in [5.74, 6) is 0.461. The Balaban J connectivity index is 0.000000115. The zero-order valence-corrected chi connectivity index (χ0v) is 9.45. The van der Waals surface area contributed by atoms with E-state index >= 15 is 0 Å². The Kier molecular flexibility index (Phi) is 4.15. The van der Waals surface area contributed by atoms with Crippen molar-refractivity contribution in [3.8, 4) is 0 Å². The van der Waals surface area contributed by atoms with Crippen LogP contribution >= 0.6 is 0 Å². The minimum Gasteiger partial charge on any atom is -0.286 e. The van der Waals surface area contributed by atoms with Gasteiger partial charge in [-0.25, -0.2) is 5.32 Å². The highest BCUT2D eigenvalue weighted by Crippen LogP contribution is 2.22. The smallest absolute Gasteiger partial charge is 0.253 e. The summed E-state index contributed by atoms with van der Waals surface area (Å²) in [7, 11) is 0. The summed E-state index contributed by atoms with van der Waals surface area (Å²) in [6.45, 7) is 4.15. The first-order chi connectivity index (χ1) is 7.38. The number of fused-ring (bicyclic) bond motifs is 1. The minimum absolute atomic E-state index is 0.356. The lowest BCUT2D eigenvalue weighted by Crippen LogP contribution is -2.57. The molecule has 3 aliphatic heterocycles. The van der Waals surface area contributed by atoms with Gasteiger partial charge < -0.3 is 0 Å². The Hall–Kier alpha value is -0.410. The molecule has 0 aromatic heterocycles. The summed E-state index contributed by atoms with van der Waals surface area (Å²) in [6.07, 6.45) is 7.84. The van der Waals surface area contributed by atoms with Gasteiger partial charge in [-0.3, -0.25) is 4.79 Å². The normalized spacial score (nSPS) is 30.9. The molecule has 0 bridgehead atoms. The fourth-order valence-electron chi connectivity index (χ4n) is 2.49. The molecule has 84 valence electrons. The van der Waals surface area contributed by atoms with Gasteiger partial charge in [0.15, 0.2) is 12.6 Å². The van der Waals surface area contributed by atoms with Crippen LogP contribution in [0.3, 0.4) is 0 Å². The molecular weight excluding hydrogens is 188 g/mol. The molecule has 1 atom stereocenters. The van der Waals surface area contributed by atoms with Crippen LogP contribution in [0, 0.1) is 0 Å². The Morgan fingerprint density at radius 2 is 1.80 bits per heavy atom. The summed E-state index contributed by atoms with van der Waals surface area (Å²) < 4.78 is 0. The van der Waals surface area contributed by atoms with E-state index in [1.54, 1.807) is 0 Å². The Morgan fingerprint density at radius 3 is 2.33 bits per heavy atom. The second-order valence-electron chi connectivity index (χ2n) is 4.68. The summed E-state index contributed by atoms with van der Waals surface area (Å²) in [4.78, 5) is 12.9. The predicted octanol–water partition coefficient (Wildman–Crippen LogP) is 1.04. The second-order valence-corrected chi connectivity index (χ2v) is 4.68. The van der Waals surface area contributed by atoms with E-state index in [1.807, 2.05) is 0 Å². The van der Waals surface area contributed by atoms with E-state index in [0.29, 0.717) is 11.8 Å². The van der Waals surface area contributed by atoms with Gasteiger partial charge in [-0.1, -0.05) is 12.8 Å². The summed E-state index contributed by atoms with van der Waals surface area (Å²) in [6, 6.07) is 0.356. The van der Waals surface area contributed by atoms with Gasteiger partial charge in [-0.15, -0.1) is 0 Å². The molecule has 0 amide bonds. The second kappa shape index (κ2) is 5.61. The molecule has 3 heterocycles. The van der Waals surface area contributed by atoms with Crippen LogP contribution in [0.1, 0.15) is 38.5 Å². The Labute approximate surface area is 92.2 Å². The molecule has 0 aromatic rings. The van der Waals surface area contributed by atoms with Crippen molar-refractivity contribution < 1.29 is 4.79 Å². The maximum Gasteiger partial charge on any atom is 0.253 e. The fourth-order valence-corrected chi connectivity index (χ4v) is 2.49. The molecule has 0 aliphatic carbocycles. The predicted molar refractivity (Wildman–Crippen MR) is 60.2 cm³/mol. The third-order valence-electron chi connectivity index (χ3n) is 3.48. The van der Waals surface area contributed by atoms with E-state index in [9.17, 15) is 4.79 Å². The van der Waals surface area contributed by atoms with Crippen molar-refractivity contribution in [2.75, 3.05) is 26.2 Å². The van der Waals surface area contributed by atoms with Crippen LogP contribution in [0.5, 0.6) is 0 Å². The van der Waals surface area contributed by atoms with Crippen molar-refractivity contribution in [2.45, 2.75) is 44.6 Å². The Bertz CT molecular complexity index is 198. The molecule has 3 rings (SSSR count). The molecule has 0 aromatic carbocycles. The lowest BCUT2D eigenvalue weighted by Gasteiger charge is -2.20. The van der Waals surface area contributed by atoms with Gasteiger partial charge in [0.1, 0.15) is 6.54 Å². The van der Waals surface area contributed by atoms with E-state index in [2.05, 4.69) is 10.2 Å². The number of hydrogen-bond donors (Lipinski definition) is 0. The van der Waals surface area contributed by atoms with Crippen LogP contribution in [0.15, 0.2) is 0 Å². The average molecular weight is 209 g/mol. The highest BCUT2D eigenvalue weighted by atomic mass is 16.1. The summed E-state index contributed by atoms with van der Waals surface area (Å²) in [5, 5.41) is 4.27. The average Bonchev–Trinajstić information content (AvgIpc) is 2.46. The Morgan fingerprint density at radius 1 is 1.07 bits per heavy atom. The SMILES string of the molecule is C1CCC[N]CC1.O=C1C[N+]2CCCC12. The van der Waals surface area contributed by atoms with E-state index in [1.165, 1.54) is 32.1 Å². The zero-order chi connectivity index (χ0) is 10.5. The van der Waals surface area contributed by atoms with Crippen molar-refractivity contribution in [3.63, 3.8) is 0 Å². The van der Waals surface area contributed by atoms with Crippen LogP contribution in [0.25, 0.3) is 0 Å². The van der Waals surface area contributed by atoms with Crippen LogP contribution in [0.4, 0.5) is 0 Å². The van der Waals surface area contributed by atoms with Gasteiger partial charge in [-0.05, 0) is 12.8 Å². The van der Waals surface area contributed by atoms with E-state index in [4.69, 9.17) is 0 Å². The molecule has 1 unspecified atom stereocenters. The topological polar surface area (TPSA) is 37.1 Å². The lowest BCUT2D eigenvalue weighted by atomic mass is 10.0. The number of rotatable bonds is 0. The number of hydrogen-bond acceptors (Lipinski definition) is 2. The van der Waals surface area contributed by atoms with E-state index < -0.39 is 0 Å². The molecule has 0 saturated carbocycles. The van der Waals surface area contributed by atoms with Crippen LogP contribution in [-0.4, -0.2) is 38.0 Å². The summed E-state index contributed by atoms with van der Waals surface area (Å²) in [5.41, 5.74) is 0. The molecule has 3 heteroatoms. The van der Waals surface area contributed by atoms with Crippen molar-refractivity contribution in [1.29, 1.82) is 0 Å². The molecule has 3 saturated heterocycles. The number of carbonyl (C=O) groups excluding carboxylic acids is 1. The van der Waals surface area contributed by atoms with Gasteiger partial charge in [0.2, 0.25) is 0 Å². The number of Topliss-reactive ketones (excluding diaryl/α,β-unsaturated/α-hetero) is 1. The van der Waals surface area contributed by atoms with Crippen LogP contribution < -0.4 is 10.2 Å². The van der Waals surface area contributed by atoms with Crippen molar-refractivity contribution >= 4 is 5.78 Å².